The van der Waals surface area contributed by atoms with Gasteiger partial charge in [-0.25, -0.2) is 0 Å². The van der Waals surface area contributed by atoms with Crippen LogP contribution in [0.15, 0.2) is 24.3 Å². The van der Waals surface area contributed by atoms with E-state index in [4.69, 9.17) is 6.42 Å². The molecule has 0 radical (unpaired) electrons. The van der Waals surface area contributed by atoms with Gasteiger partial charge in [0.25, 0.3) is 0 Å². The van der Waals surface area contributed by atoms with Crippen LogP contribution in [-0.4, -0.2) is 29.9 Å². The van der Waals surface area contributed by atoms with Gasteiger partial charge in [0.05, 0.1) is 6.54 Å². The van der Waals surface area contributed by atoms with Crippen LogP contribution in [0.3, 0.4) is 0 Å². The molecule has 0 aliphatic heterocycles. The normalized spacial score (nSPS) is 16.8. The lowest BCUT2D eigenvalue weighted by Gasteiger charge is -2.39. The highest BCUT2D eigenvalue weighted by Gasteiger charge is 2.41. The van der Waals surface area contributed by atoms with Crippen molar-refractivity contribution >= 4 is 11.6 Å². The predicted molar refractivity (Wildman–Crippen MR) is 87.1 cm³/mol. The van der Waals surface area contributed by atoms with Crippen molar-refractivity contribution in [2.75, 3.05) is 18.9 Å². The van der Waals surface area contributed by atoms with Crippen molar-refractivity contribution in [3.05, 3.63) is 29.8 Å². The number of anilines is 1. The third-order valence-electron chi connectivity index (χ3n) is 4.23. The number of hydrogen-bond donors (Lipinski definition) is 1. The van der Waals surface area contributed by atoms with Crippen molar-refractivity contribution in [2.45, 2.75) is 44.6 Å². The summed E-state index contributed by atoms with van der Waals surface area (Å²) in [6.45, 7) is 2.42. The Morgan fingerprint density at radius 1 is 1.29 bits per heavy atom. The minimum atomic E-state index is -0.501. The van der Waals surface area contributed by atoms with Crippen molar-refractivity contribution in [1.82, 2.24) is 4.90 Å². The van der Waals surface area contributed by atoms with Crippen molar-refractivity contribution in [3.63, 3.8) is 0 Å². The second-order valence-electron chi connectivity index (χ2n) is 6.00. The van der Waals surface area contributed by atoms with E-state index in [1.165, 1.54) is 12.0 Å². The fraction of sp³-hybridized carbons (Fsp3) is 0.500. The lowest BCUT2D eigenvalue weighted by atomic mass is 9.80. The predicted octanol–water partition coefficient (Wildman–Crippen LogP) is 3.20. The van der Waals surface area contributed by atoms with E-state index in [-0.39, 0.29) is 5.91 Å². The highest BCUT2D eigenvalue weighted by atomic mass is 16.2. The first-order valence-electron chi connectivity index (χ1n) is 7.61. The Morgan fingerprint density at radius 2 is 1.90 bits per heavy atom. The zero-order chi connectivity index (χ0) is 15.3. The number of benzene rings is 1. The van der Waals surface area contributed by atoms with E-state index in [1.54, 1.807) is 11.9 Å². The Bertz CT molecular complexity index is 521. The molecule has 1 aliphatic carbocycles. The zero-order valence-electron chi connectivity index (χ0n) is 13.0. The highest BCUT2D eigenvalue weighted by Crippen LogP contribution is 2.33. The highest BCUT2D eigenvalue weighted by molar-refractivity contribution is 5.89. The molecule has 2 rings (SSSR count). The third-order valence-corrected chi connectivity index (χ3v) is 4.23. The molecule has 3 heteroatoms. The molecule has 3 nitrogen and oxygen atoms in total. The molecule has 1 fully saturated rings. The number of nitrogens with one attached hydrogen (secondary N) is 1. The largest absolute Gasteiger partial charge is 0.371 e. The number of likely N-dealkylation sites (N-methyl/N-ethyl adjacent to an activating group) is 1. The molecule has 0 unspecified atom stereocenters. The maximum absolute atomic E-state index is 12.8. The fourth-order valence-corrected chi connectivity index (χ4v) is 3.03. The molecule has 21 heavy (non-hydrogen) atoms. The number of rotatable bonds is 4. The van der Waals surface area contributed by atoms with Gasteiger partial charge in [0, 0.05) is 12.7 Å². The van der Waals surface area contributed by atoms with Crippen molar-refractivity contribution in [3.8, 4) is 12.3 Å². The minimum absolute atomic E-state index is 0.112. The van der Waals surface area contributed by atoms with E-state index in [0.717, 1.165) is 31.4 Å². The van der Waals surface area contributed by atoms with Crippen molar-refractivity contribution in [1.29, 1.82) is 0 Å². The van der Waals surface area contributed by atoms with E-state index in [2.05, 4.69) is 30.3 Å². The second-order valence-corrected chi connectivity index (χ2v) is 6.00. The average molecular weight is 284 g/mol. The fourth-order valence-electron chi connectivity index (χ4n) is 3.03. The molecule has 1 aromatic rings. The minimum Gasteiger partial charge on any atom is -0.371 e. The third kappa shape index (κ3) is 3.58. The molecule has 0 atom stereocenters. The summed E-state index contributed by atoms with van der Waals surface area (Å²) in [4.78, 5) is 14.5. The van der Waals surface area contributed by atoms with Crippen LogP contribution in [0.5, 0.6) is 0 Å². The van der Waals surface area contributed by atoms with Gasteiger partial charge in [-0.3, -0.25) is 4.79 Å². The van der Waals surface area contributed by atoms with E-state index in [0.29, 0.717) is 6.54 Å². The summed E-state index contributed by atoms with van der Waals surface area (Å²) >= 11 is 0. The van der Waals surface area contributed by atoms with Crippen LogP contribution in [0.1, 0.15) is 37.7 Å². The summed E-state index contributed by atoms with van der Waals surface area (Å²) in [5.41, 5.74) is 1.72. The quantitative estimate of drug-likeness (QED) is 0.861. The van der Waals surface area contributed by atoms with Crippen LogP contribution in [0.4, 0.5) is 5.69 Å². The number of aryl methyl sites for hydroxylation is 1. The SMILES string of the molecule is C#CCN(C)C(=O)C1(Nc2ccc(C)cc2)CCCCC1. The lowest BCUT2D eigenvalue weighted by molar-refractivity contribution is -0.135. The maximum Gasteiger partial charge on any atom is 0.248 e. The monoisotopic (exact) mass is 284 g/mol. The van der Waals surface area contributed by atoms with Crippen LogP contribution in [0, 0.1) is 19.3 Å². The van der Waals surface area contributed by atoms with Crippen LogP contribution in [0.2, 0.25) is 0 Å². The summed E-state index contributed by atoms with van der Waals surface area (Å²) in [6.07, 6.45) is 10.4. The van der Waals surface area contributed by atoms with Crippen LogP contribution < -0.4 is 5.32 Å². The zero-order valence-corrected chi connectivity index (χ0v) is 13.0. The Kier molecular flexibility index (Phi) is 4.90. The number of carbonyl (C=O) groups excluding carboxylic acids is 1. The molecule has 1 amide bonds. The van der Waals surface area contributed by atoms with Gasteiger partial charge in [-0.2, -0.15) is 0 Å². The van der Waals surface area contributed by atoms with Gasteiger partial charge < -0.3 is 10.2 Å². The topological polar surface area (TPSA) is 32.3 Å². The molecule has 0 aromatic heterocycles. The van der Waals surface area contributed by atoms with E-state index < -0.39 is 5.54 Å². The molecule has 0 bridgehead atoms. The number of hydrogen-bond acceptors (Lipinski definition) is 2. The summed E-state index contributed by atoms with van der Waals surface area (Å²) in [5.74, 6) is 2.67. The Hall–Kier alpha value is -1.95. The molecular formula is C18H24N2O. The molecule has 1 aromatic carbocycles. The van der Waals surface area contributed by atoms with Crippen molar-refractivity contribution < 1.29 is 4.79 Å². The van der Waals surface area contributed by atoms with Gasteiger partial charge in [0.2, 0.25) is 5.91 Å². The first kappa shape index (κ1) is 15.4. The summed E-state index contributed by atoms with van der Waals surface area (Å²) in [5, 5.41) is 3.50. The number of terminal acetylenes is 1. The molecule has 1 N–H and O–H groups in total. The molecule has 1 aliphatic rings. The first-order chi connectivity index (χ1) is 10.1. The van der Waals surface area contributed by atoms with Crippen LogP contribution in [0.25, 0.3) is 0 Å². The Balaban J connectivity index is 2.22. The summed E-state index contributed by atoms with van der Waals surface area (Å²) < 4.78 is 0. The Morgan fingerprint density at radius 3 is 2.48 bits per heavy atom. The van der Waals surface area contributed by atoms with E-state index >= 15 is 0 Å². The summed E-state index contributed by atoms with van der Waals surface area (Å²) in [7, 11) is 1.79. The smallest absolute Gasteiger partial charge is 0.248 e. The lowest BCUT2D eigenvalue weighted by Crippen LogP contribution is -2.54. The van der Waals surface area contributed by atoms with Gasteiger partial charge >= 0.3 is 0 Å². The molecular weight excluding hydrogens is 260 g/mol. The van der Waals surface area contributed by atoms with Gasteiger partial charge in [-0.05, 0) is 31.9 Å². The molecule has 0 spiro atoms. The van der Waals surface area contributed by atoms with Gasteiger partial charge in [0.1, 0.15) is 5.54 Å². The Labute approximate surface area is 127 Å². The second kappa shape index (κ2) is 6.67. The van der Waals surface area contributed by atoms with Crippen LogP contribution in [-0.2, 0) is 4.79 Å². The van der Waals surface area contributed by atoms with Gasteiger partial charge in [0.15, 0.2) is 0 Å². The average Bonchev–Trinajstić information content (AvgIpc) is 2.50. The number of amides is 1. The van der Waals surface area contributed by atoms with E-state index in [9.17, 15) is 4.79 Å². The maximum atomic E-state index is 12.8. The molecule has 112 valence electrons. The van der Waals surface area contributed by atoms with Gasteiger partial charge in [-0.15, -0.1) is 6.42 Å². The van der Waals surface area contributed by atoms with Crippen LogP contribution >= 0.6 is 0 Å². The van der Waals surface area contributed by atoms with Crippen molar-refractivity contribution in [2.24, 2.45) is 0 Å². The standard InChI is InChI=1S/C18H24N2O/c1-4-14-20(3)17(21)18(12-6-5-7-13-18)19-16-10-8-15(2)9-11-16/h1,8-11,19H,5-7,12-14H2,2-3H3. The number of carbonyl (C=O) groups is 1. The number of nitrogens with zero attached hydrogens (tertiary/aromatic N) is 1. The summed E-state index contributed by atoms with van der Waals surface area (Å²) in [6, 6.07) is 8.21. The molecule has 0 saturated heterocycles. The molecule has 0 heterocycles. The first-order valence-corrected chi connectivity index (χ1v) is 7.61. The van der Waals surface area contributed by atoms with E-state index in [1.807, 2.05) is 12.1 Å². The van der Waals surface area contributed by atoms with Gasteiger partial charge in [-0.1, -0.05) is 42.9 Å². The molecule has 1 saturated carbocycles.